The molecule has 0 bridgehead atoms. The molecule has 18 heavy (non-hydrogen) atoms. The molecule has 0 radical (unpaired) electrons. The van der Waals surface area contributed by atoms with E-state index < -0.39 is 0 Å². The first-order valence-corrected chi connectivity index (χ1v) is 7.77. The van der Waals surface area contributed by atoms with E-state index in [2.05, 4.69) is 45.9 Å². The van der Waals surface area contributed by atoms with Crippen LogP contribution >= 0.6 is 11.8 Å². The lowest BCUT2D eigenvalue weighted by atomic mass is 9.73. The first kappa shape index (κ1) is 14.0. The molecule has 1 nitrogen and oxygen atoms in total. The van der Waals surface area contributed by atoms with Crippen molar-refractivity contribution in [3.63, 3.8) is 0 Å². The quantitative estimate of drug-likeness (QED) is 0.861. The van der Waals surface area contributed by atoms with Gasteiger partial charge in [-0.3, -0.25) is 0 Å². The van der Waals surface area contributed by atoms with E-state index in [-0.39, 0.29) is 5.41 Å². The van der Waals surface area contributed by atoms with E-state index in [1.165, 1.54) is 35.3 Å². The fourth-order valence-electron chi connectivity index (χ4n) is 2.84. The highest BCUT2D eigenvalue weighted by atomic mass is 32.2. The van der Waals surface area contributed by atoms with Gasteiger partial charge in [-0.25, -0.2) is 0 Å². The van der Waals surface area contributed by atoms with Crippen molar-refractivity contribution < 1.29 is 0 Å². The molecule has 0 amide bonds. The van der Waals surface area contributed by atoms with Gasteiger partial charge in [0.05, 0.1) is 0 Å². The molecule has 1 aromatic rings. The third kappa shape index (κ3) is 2.92. The lowest BCUT2D eigenvalue weighted by molar-refractivity contribution is 0.208. The van der Waals surface area contributed by atoms with Crippen LogP contribution in [0, 0.1) is 19.3 Å². The van der Waals surface area contributed by atoms with Crippen LogP contribution in [0.4, 0.5) is 0 Å². The van der Waals surface area contributed by atoms with E-state index in [9.17, 15) is 0 Å². The van der Waals surface area contributed by atoms with Crippen molar-refractivity contribution in [2.45, 2.75) is 63.1 Å². The fraction of sp³-hybridized carbons (Fsp3) is 0.625. The second-order valence-electron chi connectivity index (χ2n) is 6.33. The van der Waals surface area contributed by atoms with Crippen LogP contribution in [0.25, 0.3) is 0 Å². The predicted octanol–water partition coefficient (Wildman–Crippen LogP) is 4.30. The van der Waals surface area contributed by atoms with Gasteiger partial charge in [0.2, 0.25) is 0 Å². The lowest BCUT2D eigenvalue weighted by Gasteiger charge is -2.41. The maximum absolute atomic E-state index is 6.46. The number of benzene rings is 1. The average molecular weight is 263 g/mol. The normalized spacial score (nSPS) is 27.2. The Hall–Kier alpha value is -0.470. The van der Waals surface area contributed by atoms with E-state index in [4.69, 9.17) is 5.73 Å². The molecule has 2 unspecified atom stereocenters. The second-order valence-corrected chi connectivity index (χ2v) is 7.61. The minimum absolute atomic E-state index is 0.286. The van der Waals surface area contributed by atoms with Gasteiger partial charge in [0.25, 0.3) is 0 Å². The molecule has 1 aliphatic carbocycles. The Morgan fingerprint density at radius 3 is 2.67 bits per heavy atom. The molecule has 0 aromatic heterocycles. The van der Waals surface area contributed by atoms with Crippen molar-refractivity contribution in [1.29, 1.82) is 0 Å². The van der Waals surface area contributed by atoms with Crippen LogP contribution in [0.15, 0.2) is 23.1 Å². The van der Waals surface area contributed by atoms with Crippen LogP contribution < -0.4 is 5.73 Å². The smallest absolute Gasteiger partial charge is 0.0251 e. The number of hydrogen-bond donors (Lipinski definition) is 1. The van der Waals surface area contributed by atoms with Crippen LogP contribution in [0.5, 0.6) is 0 Å². The highest BCUT2D eigenvalue weighted by molar-refractivity contribution is 8.00. The maximum Gasteiger partial charge on any atom is 0.0251 e. The molecule has 2 rings (SSSR count). The summed E-state index contributed by atoms with van der Waals surface area (Å²) in [6, 6.07) is 7.03. The number of aryl methyl sites for hydroxylation is 2. The van der Waals surface area contributed by atoms with E-state index in [1.807, 2.05) is 11.8 Å². The third-order valence-corrected chi connectivity index (χ3v) is 5.77. The highest BCUT2D eigenvalue weighted by Gasteiger charge is 2.36. The summed E-state index contributed by atoms with van der Waals surface area (Å²) in [5, 5.41) is 0.565. The first-order valence-electron chi connectivity index (χ1n) is 6.90. The molecule has 0 aliphatic heterocycles. The third-order valence-electron chi connectivity index (χ3n) is 4.22. The summed E-state index contributed by atoms with van der Waals surface area (Å²) in [4.78, 5) is 1.40. The van der Waals surface area contributed by atoms with Gasteiger partial charge in [-0.2, -0.15) is 0 Å². The summed E-state index contributed by atoms with van der Waals surface area (Å²) in [7, 11) is 0. The van der Waals surface area contributed by atoms with Crippen molar-refractivity contribution >= 4 is 11.8 Å². The topological polar surface area (TPSA) is 26.0 Å². The van der Waals surface area contributed by atoms with E-state index in [0.29, 0.717) is 11.3 Å². The molecule has 0 spiro atoms. The monoisotopic (exact) mass is 263 g/mol. The maximum atomic E-state index is 6.46. The van der Waals surface area contributed by atoms with Gasteiger partial charge in [0.1, 0.15) is 0 Å². The molecule has 1 fully saturated rings. The molecular weight excluding hydrogens is 238 g/mol. The van der Waals surface area contributed by atoms with Crippen LogP contribution in [0.2, 0.25) is 0 Å². The summed E-state index contributed by atoms with van der Waals surface area (Å²) in [6.45, 7) is 8.98. The largest absolute Gasteiger partial charge is 0.326 e. The molecular formula is C16H25NS. The summed E-state index contributed by atoms with van der Waals surface area (Å²) in [5.41, 5.74) is 9.47. The zero-order valence-electron chi connectivity index (χ0n) is 12.0. The Morgan fingerprint density at radius 2 is 2.00 bits per heavy atom. The minimum Gasteiger partial charge on any atom is -0.326 e. The molecule has 2 heteroatoms. The van der Waals surface area contributed by atoms with Gasteiger partial charge in [0, 0.05) is 16.2 Å². The summed E-state index contributed by atoms with van der Waals surface area (Å²) in [5.74, 6) is 0. The Balaban J connectivity index is 2.13. The summed E-state index contributed by atoms with van der Waals surface area (Å²) >= 11 is 1.99. The summed E-state index contributed by atoms with van der Waals surface area (Å²) in [6.07, 6.45) is 3.82. The fourth-order valence-corrected chi connectivity index (χ4v) is 4.35. The Bertz CT molecular complexity index is 425. The van der Waals surface area contributed by atoms with Crippen molar-refractivity contribution in [1.82, 2.24) is 0 Å². The van der Waals surface area contributed by atoms with Gasteiger partial charge >= 0.3 is 0 Å². The number of hydrogen-bond acceptors (Lipinski definition) is 2. The Morgan fingerprint density at radius 1 is 1.28 bits per heavy atom. The van der Waals surface area contributed by atoms with Gasteiger partial charge in [-0.1, -0.05) is 38.0 Å². The first-order chi connectivity index (χ1) is 8.40. The molecule has 0 heterocycles. The van der Waals surface area contributed by atoms with E-state index in [0.717, 1.165) is 0 Å². The Kier molecular flexibility index (Phi) is 4.08. The van der Waals surface area contributed by atoms with Gasteiger partial charge in [-0.15, -0.1) is 11.8 Å². The number of nitrogens with two attached hydrogens (primary N) is 1. The molecule has 100 valence electrons. The molecule has 1 aromatic carbocycles. The van der Waals surface area contributed by atoms with Crippen molar-refractivity contribution in [2.24, 2.45) is 11.1 Å². The molecule has 2 N–H and O–H groups in total. The molecule has 1 saturated carbocycles. The van der Waals surface area contributed by atoms with Crippen LogP contribution in [0.1, 0.15) is 44.2 Å². The number of rotatable bonds is 2. The SMILES string of the molecule is Cc1ccc(SC2CCCC(C)(C)C2N)c(C)c1. The van der Waals surface area contributed by atoms with Crippen molar-refractivity contribution in [3.05, 3.63) is 29.3 Å². The average Bonchev–Trinajstić information content (AvgIpc) is 2.28. The highest BCUT2D eigenvalue weighted by Crippen LogP contribution is 2.42. The van der Waals surface area contributed by atoms with E-state index in [1.54, 1.807) is 0 Å². The minimum atomic E-state index is 0.286. The second kappa shape index (κ2) is 5.26. The van der Waals surface area contributed by atoms with Crippen LogP contribution in [-0.2, 0) is 0 Å². The molecule has 1 aliphatic rings. The van der Waals surface area contributed by atoms with Gasteiger partial charge in [-0.05, 0) is 43.7 Å². The van der Waals surface area contributed by atoms with E-state index >= 15 is 0 Å². The molecule has 0 saturated heterocycles. The zero-order valence-corrected chi connectivity index (χ0v) is 12.8. The molecule has 2 atom stereocenters. The standard InChI is InChI=1S/C16H25NS/c1-11-7-8-13(12(2)10-11)18-14-6-5-9-16(3,4)15(14)17/h7-8,10,14-15H,5-6,9,17H2,1-4H3. The van der Waals surface area contributed by atoms with Gasteiger partial charge in [0.15, 0.2) is 0 Å². The van der Waals surface area contributed by atoms with Crippen molar-refractivity contribution in [2.75, 3.05) is 0 Å². The van der Waals surface area contributed by atoms with Gasteiger partial charge < -0.3 is 5.73 Å². The Labute approximate surface area is 116 Å². The predicted molar refractivity (Wildman–Crippen MR) is 81.2 cm³/mol. The zero-order chi connectivity index (χ0) is 13.3. The lowest BCUT2D eigenvalue weighted by Crippen LogP contribution is -2.48. The van der Waals surface area contributed by atoms with Crippen molar-refractivity contribution in [3.8, 4) is 0 Å². The number of thioether (sulfide) groups is 1. The summed E-state index contributed by atoms with van der Waals surface area (Å²) < 4.78 is 0. The van der Waals surface area contributed by atoms with Crippen LogP contribution in [0.3, 0.4) is 0 Å². The van der Waals surface area contributed by atoms with Crippen LogP contribution in [-0.4, -0.2) is 11.3 Å².